The van der Waals surface area contributed by atoms with Crippen molar-refractivity contribution in [2.75, 3.05) is 11.9 Å². The van der Waals surface area contributed by atoms with E-state index in [4.69, 9.17) is 9.72 Å². The number of hydrogen-bond donors (Lipinski definition) is 1. The summed E-state index contributed by atoms with van der Waals surface area (Å²) in [5.74, 6) is 1.43. The summed E-state index contributed by atoms with van der Waals surface area (Å²) in [4.78, 5) is 4.71. The number of nitrogens with zero attached hydrogens (tertiary/aromatic N) is 1. The molecule has 106 valence electrons. The first kappa shape index (κ1) is 13.4. The van der Waals surface area contributed by atoms with E-state index < -0.39 is 0 Å². The van der Waals surface area contributed by atoms with Crippen molar-refractivity contribution in [2.45, 2.75) is 39.2 Å². The van der Waals surface area contributed by atoms with Gasteiger partial charge in [0.15, 0.2) is 0 Å². The van der Waals surface area contributed by atoms with Crippen LogP contribution >= 0.6 is 11.3 Å². The van der Waals surface area contributed by atoms with Crippen molar-refractivity contribution in [3.8, 4) is 16.3 Å². The average molecular weight is 288 g/mol. The molecule has 1 aliphatic heterocycles. The van der Waals surface area contributed by atoms with Crippen molar-refractivity contribution >= 4 is 17.0 Å². The van der Waals surface area contributed by atoms with Crippen LogP contribution < -0.4 is 10.1 Å². The van der Waals surface area contributed by atoms with Gasteiger partial charge in [0.25, 0.3) is 0 Å². The van der Waals surface area contributed by atoms with E-state index in [0.29, 0.717) is 5.92 Å². The van der Waals surface area contributed by atoms with Gasteiger partial charge in [-0.3, -0.25) is 0 Å². The molecule has 1 atom stereocenters. The van der Waals surface area contributed by atoms with Crippen LogP contribution in [0.25, 0.3) is 10.6 Å². The van der Waals surface area contributed by atoms with Gasteiger partial charge in [-0.05, 0) is 30.5 Å². The normalized spacial score (nSPS) is 17.5. The number of aromatic nitrogens is 1. The molecule has 0 fully saturated rings. The Morgan fingerprint density at radius 1 is 1.45 bits per heavy atom. The van der Waals surface area contributed by atoms with Gasteiger partial charge in [-0.1, -0.05) is 20.8 Å². The minimum Gasteiger partial charge on any atom is -0.486 e. The number of rotatable bonds is 3. The zero-order valence-electron chi connectivity index (χ0n) is 12.1. The number of anilines is 1. The van der Waals surface area contributed by atoms with Crippen molar-refractivity contribution in [1.82, 2.24) is 4.98 Å². The van der Waals surface area contributed by atoms with Gasteiger partial charge in [-0.2, -0.15) is 0 Å². The van der Waals surface area contributed by atoms with Crippen molar-refractivity contribution in [3.63, 3.8) is 0 Å². The SMILES string of the molecule is CCC1CNc2cc(-c3nc(C(C)C)cs3)ccc2O1. The Kier molecular flexibility index (Phi) is 3.66. The molecule has 0 saturated heterocycles. The van der Waals surface area contributed by atoms with Crippen LogP contribution in [0, 0.1) is 0 Å². The summed E-state index contributed by atoms with van der Waals surface area (Å²) < 4.78 is 5.94. The minimum absolute atomic E-state index is 0.278. The summed E-state index contributed by atoms with van der Waals surface area (Å²) in [6.07, 6.45) is 1.30. The molecule has 2 aromatic rings. The minimum atomic E-state index is 0.278. The van der Waals surface area contributed by atoms with Gasteiger partial charge < -0.3 is 10.1 Å². The lowest BCUT2D eigenvalue weighted by atomic mass is 10.1. The molecule has 1 unspecified atom stereocenters. The number of fused-ring (bicyclic) bond motifs is 1. The van der Waals surface area contributed by atoms with Gasteiger partial charge in [0.1, 0.15) is 16.9 Å². The van der Waals surface area contributed by atoms with Crippen molar-refractivity contribution < 1.29 is 4.74 Å². The summed E-state index contributed by atoms with van der Waals surface area (Å²) in [6, 6.07) is 6.29. The first-order valence-electron chi connectivity index (χ1n) is 7.17. The third-order valence-electron chi connectivity index (χ3n) is 3.61. The molecular weight excluding hydrogens is 268 g/mol. The first-order valence-corrected chi connectivity index (χ1v) is 8.05. The predicted octanol–water partition coefficient (Wildman–Crippen LogP) is 4.52. The second-order valence-electron chi connectivity index (χ2n) is 5.47. The first-order chi connectivity index (χ1) is 9.67. The third kappa shape index (κ3) is 2.52. The summed E-state index contributed by atoms with van der Waals surface area (Å²) in [5.41, 5.74) is 3.40. The highest BCUT2D eigenvalue weighted by Gasteiger charge is 2.18. The topological polar surface area (TPSA) is 34.2 Å². The quantitative estimate of drug-likeness (QED) is 0.902. The van der Waals surface area contributed by atoms with Crippen LogP contribution in [-0.4, -0.2) is 17.6 Å². The highest BCUT2D eigenvalue weighted by molar-refractivity contribution is 7.13. The molecule has 3 rings (SSSR count). The van der Waals surface area contributed by atoms with Crippen LogP contribution in [0.5, 0.6) is 5.75 Å². The van der Waals surface area contributed by atoms with Crippen molar-refractivity contribution in [2.24, 2.45) is 0 Å². The van der Waals surface area contributed by atoms with E-state index in [1.54, 1.807) is 11.3 Å². The lowest BCUT2D eigenvalue weighted by molar-refractivity contribution is 0.202. The van der Waals surface area contributed by atoms with E-state index >= 15 is 0 Å². The van der Waals surface area contributed by atoms with Crippen molar-refractivity contribution in [1.29, 1.82) is 0 Å². The lowest BCUT2D eigenvalue weighted by Gasteiger charge is -2.26. The Hall–Kier alpha value is -1.55. The number of hydrogen-bond acceptors (Lipinski definition) is 4. The van der Waals surface area contributed by atoms with Gasteiger partial charge in [-0.15, -0.1) is 11.3 Å². The van der Waals surface area contributed by atoms with Crippen LogP contribution in [0.4, 0.5) is 5.69 Å². The Balaban J connectivity index is 1.88. The van der Waals surface area contributed by atoms with E-state index in [9.17, 15) is 0 Å². The molecule has 2 heterocycles. The maximum absolute atomic E-state index is 5.94. The molecule has 0 amide bonds. The molecule has 20 heavy (non-hydrogen) atoms. The lowest BCUT2D eigenvalue weighted by Crippen LogP contribution is -2.29. The summed E-state index contributed by atoms with van der Waals surface area (Å²) in [6.45, 7) is 7.37. The van der Waals surface area contributed by atoms with Gasteiger partial charge >= 0.3 is 0 Å². The van der Waals surface area contributed by atoms with Crippen LogP contribution in [-0.2, 0) is 0 Å². The number of benzene rings is 1. The molecule has 0 spiro atoms. The fourth-order valence-corrected chi connectivity index (χ4v) is 3.24. The third-order valence-corrected chi connectivity index (χ3v) is 4.52. The highest BCUT2D eigenvalue weighted by atomic mass is 32.1. The summed E-state index contributed by atoms with van der Waals surface area (Å²) >= 11 is 1.71. The number of thiazole rings is 1. The molecular formula is C16H20N2OS. The molecule has 0 bridgehead atoms. The Labute approximate surface area is 124 Å². The van der Waals surface area contributed by atoms with E-state index in [2.05, 4.69) is 49.7 Å². The van der Waals surface area contributed by atoms with Crippen LogP contribution in [0.3, 0.4) is 0 Å². The van der Waals surface area contributed by atoms with Gasteiger partial charge in [0.05, 0.1) is 17.9 Å². The highest BCUT2D eigenvalue weighted by Crippen LogP contribution is 2.35. The second-order valence-corrected chi connectivity index (χ2v) is 6.33. The van der Waals surface area contributed by atoms with E-state index in [0.717, 1.165) is 40.7 Å². The molecule has 4 heteroatoms. The van der Waals surface area contributed by atoms with Crippen molar-refractivity contribution in [3.05, 3.63) is 29.3 Å². The standard InChI is InChI=1S/C16H20N2OS/c1-4-12-8-17-13-7-11(5-6-15(13)19-12)16-18-14(9-20-16)10(2)3/h5-7,9-10,12,17H,4,8H2,1-3H3. The largest absolute Gasteiger partial charge is 0.486 e. The van der Waals surface area contributed by atoms with E-state index in [1.807, 2.05) is 0 Å². The monoisotopic (exact) mass is 288 g/mol. The fraction of sp³-hybridized carbons (Fsp3) is 0.438. The maximum Gasteiger partial charge on any atom is 0.142 e. The number of ether oxygens (including phenoxy) is 1. The molecule has 0 saturated carbocycles. The molecule has 3 nitrogen and oxygen atoms in total. The molecule has 1 aromatic heterocycles. The Morgan fingerprint density at radius 2 is 2.30 bits per heavy atom. The maximum atomic E-state index is 5.94. The van der Waals surface area contributed by atoms with Crippen LogP contribution in [0.15, 0.2) is 23.6 Å². The van der Waals surface area contributed by atoms with Gasteiger partial charge in [-0.25, -0.2) is 4.98 Å². The summed E-state index contributed by atoms with van der Waals surface area (Å²) in [7, 11) is 0. The Morgan fingerprint density at radius 3 is 3.00 bits per heavy atom. The van der Waals surface area contributed by atoms with Crippen LogP contribution in [0.1, 0.15) is 38.8 Å². The summed E-state index contributed by atoms with van der Waals surface area (Å²) in [5, 5.41) is 6.68. The smallest absolute Gasteiger partial charge is 0.142 e. The van der Waals surface area contributed by atoms with E-state index in [-0.39, 0.29) is 6.10 Å². The van der Waals surface area contributed by atoms with E-state index in [1.165, 1.54) is 0 Å². The predicted molar refractivity (Wildman–Crippen MR) is 84.8 cm³/mol. The fourth-order valence-electron chi connectivity index (χ4n) is 2.26. The number of nitrogens with one attached hydrogen (secondary N) is 1. The molecule has 1 N–H and O–H groups in total. The zero-order valence-corrected chi connectivity index (χ0v) is 13.0. The molecule has 1 aromatic carbocycles. The van der Waals surface area contributed by atoms with Gasteiger partial charge in [0.2, 0.25) is 0 Å². The molecule has 1 aliphatic rings. The molecule has 0 aliphatic carbocycles. The molecule has 0 radical (unpaired) electrons. The van der Waals surface area contributed by atoms with Crippen LogP contribution in [0.2, 0.25) is 0 Å². The Bertz CT molecular complexity index is 606. The van der Waals surface area contributed by atoms with Gasteiger partial charge in [0, 0.05) is 10.9 Å². The zero-order chi connectivity index (χ0) is 14.1. The average Bonchev–Trinajstić information content (AvgIpc) is 2.96. The second kappa shape index (κ2) is 5.44.